The summed E-state index contributed by atoms with van der Waals surface area (Å²) in [6, 6.07) is 17.8. The normalized spacial score (nSPS) is 10.9. The Bertz CT molecular complexity index is 829. The van der Waals surface area contributed by atoms with Gasteiger partial charge >= 0.3 is 0 Å². The van der Waals surface area contributed by atoms with Gasteiger partial charge in [-0.25, -0.2) is 0 Å². The Morgan fingerprint density at radius 1 is 1.08 bits per heavy atom. The first-order valence-corrected chi connectivity index (χ1v) is 7.46. The van der Waals surface area contributed by atoms with E-state index in [9.17, 15) is 0 Å². The minimum Gasteiger partial charge on any atom is -0.351 e. The molecule has 0 spiro atoms. The molecule has 0 amide bonds. The Balaban J connectivity index is 1.65. The number of aromatic amines is 1. The topological polar surface area (TPSA) is 88.9 Å². The zero-order valence-electron chi connectivity index (χ0n) is 12.9. The summed E-state index contributed by atoms with van der Waals surface area (Å²) >= 11 is 0. The SMILES string of the molecule is N#C/N=C(/NCc1ccccc1)Nc1ccc(-c2cn[nH]c2)cc1. The van der Waals surface area contributed by atoms with Crippen molar-refractivity contribution in [2.75, 3.05) is 5.32 Å². The van der Waals surface area contributed by atoms with Crippen molar-refractivity contribution in [2.45, 2.75) is 6.54 Å². The highest BCUT2D eigenvalue weighted by Crippen LogP contribution is 2.19. The molecule has 0 aliphatic rings. The number of aromatic nitrogens is 2. The summed E-state index contributed by atoms with van der Waals surface area (Å²) in [5.74, 6) is 0.414. The number of benzene rings is 2. The second-order valence-electron chi connectivity index (χ2n) is 5.09. The van der Waals surface area contributed by atoms with Crippen molar-refractivity contribution in [2.24, 2.45) is 4.99 Å². The maximum atomic E-state index is 8.85. The Labute approximate surface area is 139 Å². The van der Waals surface area contributed by atoms with Crippen molar-refractivity contribution in [3.8, 4) is 17.3 Å². The number of nitriles is 1. The van der Waals surface area contributed by atoms with Crippen LogP contribution < -0.4 is 10.6 Å². The highest BCUT2D eigenvalue weighted by Gasteiger charge is 2.02. The molecule has 0 saturated carbocycles. The summed E-state index contributed by atoms with van der Waals surface area (Å²) in [6.45, 7) is 0.585. The number of nitrogens with zero attached hydrogens (tertiary/aromatic N) is 3. The molecule has 3 N–H and O–H groups in total. The van der Waals surface area contributed by atoms with Crippen molar-refractivity contribution >= 4 is 11.6 Å². The molecular weight excluding hydrogens is 300 g/mol. The van der Waals surface area contributed by atoms with E-state index in [4.69, 9.17) is 5.26 Å². The number of hydrogen-bond acceptors (Lipinski definition) is 3. The van der Waals surface area contributed by atoms with E-state index < -0.39 is 0 Å². The molecule has 0 saturated heterocycles. The van der Waals surface area contributed by atoms with Gasteiger partial charge in [0, 0.05) is 24.0 Å². The Morgan fingerprint density at radius 3 is 2.54 bits per heavy atom. The summed E-state index contributed by atoms with van der Waals surface area (Å²) in [5, 5.41) is 21.8. The lowest BCUT2D eigenvalue weighted by atomic mass is 10.1. The van der Waals surface area contributed by atoms with Gasteiger partial charge in [0.2, 0.25) is 12.2 Å². The fourth-order valence-electron chi connectivity index (χ4n) is 2.23. The molecule has 0 atom stereocenters. The molecule has 24 heavy (non-hydrogen) atoms. The monoisotopic (exact) mass is 316 g/mol. The number of H-pyrrole nitrogens is 1. The number of rotatable bonds is 4. The lowest BCUT2D eigenvalue weighted by molar-refractivity contribution is 0.911. The van der Waals surface area contributed by atoms with Crippen LogP contribution in [0.4, 0.5) is 5.69 Å². The molecular formula is C18H16N6. The molecule has 1 heterocycles. The average Bonchev–Trinajstić information content (AvgIpc) is 3.16. The van der Waals surface area contributed by atoms with Gasteiger partial charge in [-0.2, -0.15) is 10.4 Å². The number of nitrogens with one attached hydrogen (secondary N) is 3. The van der Waals surface area contributed by atoms with Gasteiger partial charge in [-0.1, -0.05) is 42.5 Å². The van der Waals surface area contributed by atoms with Gasteiger partial charge in [0.05, 0.1) is 6.20 Å². The van der Waals surface area contributed by atoms with Crippen molar-refractivity contribution in [3.63, 3.8) is 0 Å². The van der Waals surface area contributed by atoms with E-state index in [0.717, 1.165) is 22.4 Å². The van der Waals surface area contributed by atoms with Crippen molar-refractivity contribution < 1.29 is 0 Å². The zero-order chi connectivity index (χ0) is 16.6. The molecule has 0 fully saturated rings. The van der Waals surface area contributed by atoms with E-state index in [1.54, 1.807) is 6.20 Å². The van der Waals surface area contributed by atoms with Crippen molar-refractivity contribution in [1.29, 1.82) is 5.26 Å². The standard InChI is InChI=1S/C18H16N6/c19-13-21-18(20-10-14-4-2-1-3-5-14)24-17-8-6-15(7-9-17)16-11-22-23-12-16/h1-9,11-12H,10H2,(H,22,23)(H2,20,21,24). The molecule has 3 aromatic rings. The maximum Gasteiger partial charge on any atom is 0.212 e. The summed E-state index contributed by atoms with van der Waals surface area (Å²) in [7, 11) is 0. The molecule has 0 radical (unpaired) electrons. The highest BCUT2D eigenvalue weighted by atomic mass is 15.2. The van der Waals surface area contributed by atoms with Crippen LogP contribution in [-0.4, -0.2) is 16.2 Å². The molecule has 118 valence electrons. The quantitative estimate of drug-likeness (QED) is 0.392. The predicted octanol–water partition coefficient (Wildman–Crippen LogP) is 3.12. The third kappa shape index (κ3) is 3.99. The molecule has 3 rings (SSSR count). The molecule has 0 aliphatic heterocycles. The van der Waals surface area contributed by atoms with Gasteiger partial charge in [-0.3, -0.25) is 5.10 Å². The Hall–Kier alpha value is -3.59. The predicted molar refractivity (Wildman–Crippen MR) is 94.0 cm³/mol. The van der Waals surface area contributed by atoms with Gasteiger partial charge in [0.25, 0.3) is 0 Å². The first kappa shape index (κ1) is 15.3. The van der Waals surface area contributed by atoms with Gasteiger partial charge in [-0.05, 0) is 23.3 Å². The largest absolute Gasteiger partial charge is 0.351 e. The van der Waals surface area contributed by atoms with Crippen LogP contribution in [0, 0.1) is 11.5 Å². The third-order valence-corrected chi connectivity index (χ3v) is 3.44. The Morgan fingerprint density at radius 2 is 1.88 bits per heavy atom. The van der Waals surface area contributed by atoms with Crippen LogP contribution in [0.25, 0.3) is 11.1 Å². The van der Waals surface area contributed by atoms with E-state index >= 15 is 0 Å². The van der Waals surface area contributed by atoms with Crippen LogP contribution in [0.5, 0.6) is 0 Å². The first-order chi connectivity index (χ1) is 11.8. The van der Waals surface area contributed by atoms with Crippen molar-refractivity contribution in [3.05, 3.63) is 72.6 Å². The second kappa shape index (κ2) is 7.61. The van der Waals surface area contributed by atoms with Gasteiger partial charge in [-0.15, -0.1) is 4.99 Å². The minimum atomic E-state index is 0.414. The lowest BCUT2D eigenvalue weighted by Gasteiger charge is -2.11. The van der Waals surface area contributed by atoms with Crippen molar-refractivity contribution in [1.82, 2.24) is 15.5 Å². The maximum absolute atomic E-state index is 8.85. The molecule has 2 aromatic carbocycles. The number of aliphatic imine (C=N–C) groups is 1. The number of hydrogen-bond donors (Lipinski definition) is 3. The second-order valence-corrected chi connectivity index (χ2v) is 5.09. The van der Waals surface area contributed by atoms with Crippen LogP contribution >= 0.6 is 0 Å². The molecule has 1 aromatic heterocycles. The van der Waals surface area contributed by atoms with E-state index in [2.05, 4.69) is 25.8 Å². The summed E-state index contributed by atoms with van der Waals surface area (Å²) in [5.41, 5.74) is 4.04. The van der Waals surface area contributed by atoms with E-state index in [-0.39, 0.29) is 0 Å². The van der Waals surface area contributed by atoms with E-state index in [1.807, 2.05) is 67.0 Å². The van der Waals surface area contributed by atoms with Crippen LogP contribution in [0.2, 0.25) is 0 Å². The summed E-state index contributed by atoms with van der Waals surface area (Å²) in [6.07, 6.45) is 5.42. The molecule has 0 aliphatic carbocycles. The van der Waals surface area contributed by atoms with Crippen LogP contribution in [0.3, 0.4) is 0 Å². The fourth-order valence-corrected chi connectivity index (χ4v) is 2.23. The molecule has 6 heteroatoms. The number of anilines is 1. The lowest BCUT2D eigenvalue weighted by Crippen LogP contribution is -2.30. The van der Waals surface area contributed by atoms with Crippen LogP contribution in [-0.2, 0) is 6.54 Å². The number of guanidine groups is 1. The molecule has 0 unspecified atom stereocenters. The van der Waals surface area contributed by atoms with Crippen LogP contribution in [0.1, 0.15) is 5.56 Å². The van der Waals surface area contributed by atoms with Gasteiger partial charge < -0.3 is 10.6 Å². The molecule has 6 nitrogen and oxygen atoms in total. The third-order valence-electron chi connectivity index (χ3n) is 3.44. The Kier molecular flexibility index (Phi) is 4.85. The summed E-state index contributed by atoms with van der Waals surface area (Å²) in [4.78, 5) is 3.79. The minimum absolute atomic E-state index is 0.414. The van der Waals surface area contributed by atoms with E-state index in [1.165, 1.54) is 0 Å². The van der Waals surface area contributed by atoms with E-state index in [0.29, 0.717) is 12.5 Å². The fraction of sp³-hybridized carbons (Fsp3) is 0.0556. The van der Waals surface area contributed by atoms with Crippen LogP contribution in [0.15, 0.2) is 72.0 Å². The smallest absolute Gasteiger partial charge is 0.212 e. The zero-order valence-corrected chi connectivity index (χ0v) is 12.9. The van der Waals surface area contributed by atoms with Gasteiger partial charge in [0.1, 0.15) is 0 Å². The average molecular weight is 316 g/mol. The highest BCUT2D eigenvalue weighted by molar-refractivity contribution is 5.94. The van der Waals surface area contributed by atoms with Gasteiger partial charge in [0.15, 0.2) is 0 Å². The first-order valence-electron chi connectivity index (χ1n) is 7.46. The summed E-state index contributed by atoms with van der Waals surface area (Å²) < 4.78 is 0. The molecule has 0 bridgehead atoms.